The standard InChI is InChI=1S/C15H14FNO5S/c1-22-14-6-5-12(9-13(14)16)23(20,21)17-11-4-2-3-10(7-11)8-15(18)19/h2-7,9,17H,8H2,1H3,(H,18,19). The first-order valence-electron chi connectivity index (χ1n) is 6.49. The van der Waals surface area contributed by atoms with Crippen molar-refractivity contribution in [2.75, 3.05) is 11.8 Å². The monoisotopic (exact) mass is 339 g/mol. The van der Waals surface area contributed by atoms with Crippen molar-refractivity contribution in [3.05, 3.63) is 53.8 Å². The number of sulfonamides is 1. The molecule has 2 N–H and O–H groups in total. The van der Waals surface area contributed by atoms with E-state index in [0.717, 1.165) is 6.07 Å². The number of carboxylic acids is 1. The summed E-state index contributed by atoms with van der Waals surface area (Å²) in [5.74, 6) is -1.88. The van der Waals surface area contributed by atoms with Crippen molar-refractivity contribution in [3.63, 3.8) is 0 Å². The zero-order valence-corrected chi connectivity index (χ0v) is 12.9. The molecule has 0 radical (unpaired) electrons. The van der Waals surface area contributed by atoms with Gasteiger partial charge in [0.25, 0.3) is 10.0 Å². The lowest BCUT2D eigenvalue weighted by molar-refractivity contribution is -0.136. The smallest absolute Gasteiger partial charge is 0.307 e. The summed E-state index contributed by atoms with van der Waals surface area (Å²) in [7, 11) is -2.72. The number of nitrogens with one attached hydrogen (secondary N) is 1. The minimum Gasteiger partial charge on any atom is -0.494 e. The number of rotatable bonds is 6. The van der Waals surface area contributed by atoms with E-state index >= 15 is 0 Å². The fraction of sp³-hybridized carbons (Fsp3) is 0.133. The molecule has 122 valence electrons. The molecule has 0 heterocycles. The van der Waals surface area contributed by atoms with Gasteiger partial charge in [0.2, 0.25) is 0 Å². The first-order valence-corrected chi connectivity index (χ1v) is 7.97. The van der Waals surface area contributed by atoms with Gasteiger partial charge in [-0.05, 0) is 35.9 Å². The Hall–Kier alpha value is -2.61. The fourth-order valence-corrected chi connectivity index (χ4v) is 3.01. The van der Waals surface area contributed by atoms with Crippen LogP contribution in [0.25, 0.3) is 0 Å². The molecule has 2 aromatic rings. The first-order chi connectivity index (χ1) is 10.8. The van der Waals surface area contributed by atoms with E-state index in [1.54, 1.807) is 6.07 Å². The summed E-state index contributed by atoms with van der Waals surface area (Å²) < 4.78 is 45.2. The lowest BCUT2D eigenvalue weighted by atomic mass is 10.1. The maximum absolute atomic E-state index is 13.6. The van der Waals surface area contributed by atoms with Crippen LogP contribution < -0.4 is 9.46 Å². The predicted molar refractivity (Wildman–Crippen MR) is 81.5 cm³/mol. The van der Waals surface area contributed by atoms with Crippen molar-refractivity contribution in [1.29, 1.82) is 0 Å². The van der Waals surface area contributed by atoms with Crippen LogP contribution >= 0.6 is 0 Å². The van der Waals surface area contributed by atoms with Crippen LogP contribution in [-0.2, 0) is 21.2 Å². The number of carboxylic acid groups (broad SMARTS) is 1. The molecule has 8 heteroatoms. The molecule has 0 saturated carbocycles. The highest BCUT2D eigenvalue weighted by molar-refractivity contribution is 7.92. The summed E-state index contributed by atoms with van der Waals surface area (Å²) in [6.45, 7) is 0. The van der Waals surface area contributed by atoms with Gasteiger partial charge in [0.15, 0.2) is 11.6 Å². The molecule has 0 spiro atoms. The molecule has 0 bridgehead atoms. The first kappa shape index (κ1) is 16.8. The average Bonchev–Trinajstić information content (AvgIpc) is 2.46. The fourth-order valence-electron chi connectivity index (χ4n) is 1.95. The summed E-state index contributed by atoms with van der Waals surface area (Å²) >= 11 is 0. The molecule has 6 nitrogen and oxygen atoms in total. The Bertz CT molecular complexity index is 836. The average molecular weight is 339 g/mol. The van der Waals surface area contributed by atoms with Crippen molar-refractivity contribution in [1.82, 2.24) is 0 Å². The van der Waals surface area contributed by atoms with Crippen molar-refractivity contribution >= 4 is 21.7 Å². The highest BCUT2D eigenvalue weighted by Crippen LogP contribution is 2.23. The van der Waals surface area contributed by atoms with E-state index in [4.69, 9.17) is 9.84 Å². The number of hydrogen-bond donors (Lipinski definition) is 2. The number of benzene rings is 2. The molecule has 2 rings (SSSR count). The van der Waals surface area contributed by atoms with Gasteiger partial charge in [0.1, 0.15) is 0 Å². The molecule has 0 saturated heterocycles. The Morgan fingerprint density at radius 1 is 1.26 bits per heavy atom. The van der Waals surface area contributed by atoms with Gasteiger partial charge in [-0.3, -0.25) is 9.52 Å². The van der Waals surface area contributed by atoms with Gasteiger partial charge in [-0.15, -0.1) is 0 Å². The van der Waals surface area contributed by atoms with Crippen LogP contribution in [0.15, 0.2) is 47.4 Å². The van der Waals surface area contributed by atoms with Crippen LogP contribution in [0.5, 0.6) is 5.75 Å². The van der Waals surface area contributed by atoms with Gasteiger partial charge >= 0.3 is 5.97 Å². The van der Waals surface area contributed by atoms with Crippen molar-refractivity contribution in [3.8, 4) is 5.75 Å². The van der Waals surface area contributed by atoms with Crippen LogP contribution in [0.4, 0.5) is 10.1 Å². The molecule has 0 aliphatic carbocycles. The van der Waals surface area contributed by atoms with Crippen LogP contribution in [0.2, 0.25) is 0 Å². The van der Waals surface area contributed by atoms with Crippen LogP contribution in [0, 0.1) is 5.82 Å². The minimum atomic E-state index is -4.00. The summed E-state index contributed by atoms with van der Waals surface area (Å²) in [5.41, 5.74) is 0.638. The highest BCUT2D eigenvalue weighted by Gasteiger charge is 2.17. The van der Waals surface area contributed by atoms with Crippen molar-refractivity contribution in [2.24, 2.45) is 0 Å². The number of ether oxygens (including phenoxy) is 1. The van der Waals surface area contributed by atoms with Gasteiger partial charge < -0.3 is 9.84 Å². The lowest BCUT2D eigenvalue weighted by Crippen LogP contribution is -2.13. The molecule has 0 aliphatic rings. The van der Waals surface area contributed by atoms with E-state index in [-0.39, 0.29) is 22.8 Å². The predicted octanol–water partition coefficient (Wildman–Crippen LogP) is 2.26. The summed E-state index contributed by atoms with van der Waals surface area (Å²) in [5, 5.41) is 8.76. The number of methoxy groups -OCH3 is 1. The third kappa shape index (κ3) is 4.19. The maximum Gasteiger partial charge on any atom is 0.307 e. The van der Waals surface area contributed by atoms with Crippen LogP contribution in [0.3, 0.4) is 0 Å². The van der Waals surface area contributed by atoms with Crippen molar-refractivity contribution in [2.45, 2.75) is 11.3 Å². The number of anilines is 1. The Balaban J connectivity index is 2.27. The molecule has 23 heavy (non-hydrogen) atoms. The molecule has 0 amide bonds. The zero-order chi connectivity index (χ0) is 17.0. The largest absolute Gasteiger partial charge is 0.494 e. The summed E-state index contributed by atoms with van der Waals surface area (Å²) in [6.07, 6.45) is -0.229. The molecular weight excluding hydrogens is 325 g/mol. The number of hydrogen-bond acceptors (Lipinski definition) is 4. The number of halogens is 1. The Morgan fingerprint density at radius 3 is 2.61 bits per heavy atom. The van der Waals surface area contributed by atoms with Gasteiger partial charge in [-0.1, -0.05) is 12.1 Å². The molecule has 0 aromatic heterocycles. The second-order valence-corrected chi connectivity index (χ2v) is 6.36. The van der Waals surface area contributed by atoms with Gasteiger partial charge in [0, 0.05) is 5.69 Å². The third-order valence-electron chi connectivity index (χ3n) is 2.97. The second kappa shape index (κ2) is 6.66. The molecule has 0 atom stereocenters. The van der Waals surface area contributed by atoms with Gasteiger partial charge in [-0.25, -0.2) is 12.8 Å². The minimum absolute atomic E-state index is 0.0626. The molecular formula is C15H14FNO5S. The molecule has 0 fully saturated rings. The van der Waals surface area contributed by atoms with E-state index in [2.05, 4.69) is 4.72 Å². The third-order valence-corrected chi connectivity index (χ3v) is 4.35. The molecule has 0 unspecified atom stereocenters. The van der Waals surface area contributed by atoms with Gasteiger partial charge in [0.05, 0.1) is 18.4 Å². The number of aliphatic carboxylic acids is 1. The van der Waals surface area contributed by atoms with E-state index in [0.29, 0.717) is 5.56 Å². The SMILES string of the molecule is COc1ccc(S(=O)(=O)Nc2cccc(CC(=O)O)c2)cc1F. The van der Waals surface area contributed by atoms with E-state index in [9.17, 15) is 17.6 Å². The Kier molecular flexibility index (Phi) is 4.85. The Morgan fingerprint density at radius 2 is 2.00 bits per heavy atom. The quantitative estimate of drug-likeness (QED) is 0.842. The van der Waals surface area contributed by atoms with Crippen LogP contribution in [-0.4, -0.2) is 26.6 Å². The van der Waals surface area contributed by atoms with E-state index < -0.39 is 21.8 Å². The maximum atomic E-state index is 13.6. The summed E-state index contributed by atoms with van der Waals surface area (Å²) in [6, 6.07) is 9.26. The molecule has 0 aliphatic heterocycles. The normalized spacial score (nSPS) is 11.0. The van der Waals surface area contributed by atoms with Crippen molar-refractivity contribution < 1.29 is 27.4 Å². The zero-order valence-electron chi connectivity index (χ0n) is 12.1. The van der Waals surface area contributed by atoms with E-state index in [1.807, 2.05) is 0 Å². The van der Waals surface area contributed by atoms with Gasteiger partial charge in [-0.2, -0.15) is 0 Å². The van der Waals surface area contributed by atoms with Crippen LogP contribution in [0.1, 0.15) is 5.56 Å². The molecule has 2 aromatic carbocycles. The number of carbonyl (C=O) groups is 1. The van der Waals surface area contributed by atoms with E-state index in [1.165, 1.54) is 37.4 Å². The topological polar surface area (TPSA) is 92.7 Å². The Labute approximate surface area is 132 Å². The lowest BCUT2D eigenvalue weighted by Gasteiger charge is -2.10. The summed E-state index contributed by atoms with van der Waals surface area (Å²) in [4.78, 5) is 10.4. The highest BCUT2D eigenvalue weighted by atomic mass is 32.2. The second-order valence-electron chi connectivity index (χ2n) is 4.67.